The number of rotatable bonds is 9. The highest BCUT2D eigenvalue weighted by Crippen LogP contribution is 2.24. The van der Waals surface area contributed by atoms with Gasteiger partial charge >= 0.3 is 0 Å². The summed E-state index contributed by atoms with van der Waals surface area (Å²) >= 11 is 0. The SMILES string of the molecule is CCOc1ccccc1NC(=O)[C@@H]([NH2+]C(CC)CC)c1ccccc1. The highest BCUT2D eigenvalue weighted by atomic mass is 16.5. The average Bonchev–Trinajstić information content (AvgIpc) is 2.65. The van der Waals surface area contributed by atoms with E-state index in [1.54, 1.807) is 0 Å². The number of hydrogen-bond donors (Lipinski definition) is 2. The van der Waals surface area contributed by atoms with Crippen LogP contribution in [0.5, 0.6) is 5.75 Å². The van der Waals surface area contributed by atoms with Crippen LogP contribution in [0.2, 0.25) is 0 Å². The second-order valence-electron chi connectivity index (χ2n) is 6.08. The van der Waals surface area contributed by atoms with E-state index in [-0.39, 0.29) is 11.9 Å². The van der Waals surface area contributed by atoms with Gasteiger partial charge in [0.05, 0.1) is 18.3 Å². The Labute approximate surface area is 150 Å². The summed E-state index contributed by atoms with van der Waals surface area (Å²) in [5, 5.41) is 5.23. The number of hydrogen-bond acceptors (Lipinski definition) is 2. The van der Waals surface area contributed by atoms with Crippen molar-refractivity contribution >= 4 is 11.6 Å². The average molecular weight is 341 g/mol. The van der Waals surface area contributed by atoms with Gasteiger partial charge in [-0.3, -0.25) is 4.79 Å². The Kier molecular flexibility index (Phi) is 7.48. The number of ether oxygens (including phenoxy) is 1. The summed E-state index contributed by atoms with van der Waals surface area (Å²) in [5.74, 6) is 0.679. The molecule has 0 aromatic heterocycles. The molecule has 2 aromatic carbocycles. The van der Waals surface area contributed by atoms with Crippen molar-refractivity contribution in [3.8, 4) is 5.75 Å². The Morgan fingerprint density at radius 2 is 1.64 bits per heavy atom. The van der Waals surface area contributed by atoms with E-state index in [1.165, 1.54) is 0 Å². The zero-order valence-corrected chi connectivity index (χ0v) is 15.4. The number of carbonyl (C=O) groups excluding carboxylic acids is 1. The number of anilines is 1. The molecule has 0 saturated carbocycles. The third kappa shape index (κ3) is 5.33. The Balaban J connectivity index is 2.23. The molecule has 4 nitrogen and oxygen atoms in total. The molecule has 0 aliphatic rings. The molecule has 0 fully saturated rings. The van der Waals surface area contributed by atoms with Gasteiger partial charge in [-0.1, -0.05) is 56.3 Å². The first-order valence-corrected chi connectivity index (χ1v) is 9.12. The summed E-state index contributed by atoms with van der Waals surface area (Å²) < 4.78 is 5.62. The van der Waals surface area contributed by atoms with Gasteiger partial charge in [0, 0.05) is 5.56 Å². The molecule has 1 atom stereocenters. The monoisotopic (exact) mass is 341 g/mol. The number of amides is 1. The first kappa shape index (κ1) is 19.0. The van der Waals surface area contributed by atoms with Gasteiger partial charge in [-0.25, -0.2) is 0 Å². The fraction of sp³-hybridized carbons (Fsp3) is 0.381. The van der Waals surface area contributed by atoms with Crippen LogP contribution in [0.25, 0.3) is 0 Å². The molecule has 2 rings (SSSR count). The van der Waals surface area contributed by atoms with Crippen molar-refractivity contribution in [2.24, 2.45) is 0 Å². The summed E-state index contributed by atoms with van der Waals surface area (Å²) in [5.41, 5.74) is 1.73. The van der Waals surface area contributed by atoms with E-state index >= 15 is 0 Å². The smallest absolute Gasteiger partial charge is 0.287 e. The quantitative estimate of drug-likeness (QED) is 0.733. The number of nitrogens with one attached hydrogen (secondary N) is 1. The molecular weight excluding hydrogens is 312 g/mol. The minimum atomic E-state index is -0.277. The molecule has 0 spiro atoms. The molecule has 0 bridgehead atoms. The van der Waals surface area contributed by atoms with Crippen LogP contribution in [-0.2, 0) is 4.79 Å². The number of benzene rings is 2. The van der Waals surface area contributed by atoms with Crippen LogP contribution < -0.4 is 15.4 Å². The minimum absolute atomic E-state index is 0.0229. The first-order chi connectivity index (χ1) is 12.2. The molecule has 0 heterocycles. The van der Waals surface area contributed by atoms with Gasteiger partial charge in [0.1, 0.15) is 5.75 Å². The van der Waals surface area contributed by atoms with Crippen molar-refractivity contribution in [3.05, 3.63) is 60.2 Å². The van der Waals surface area contributed by atoms with Crippen LogP contribution in [0, 0.1) is 0 Å². The number of quaternary nitrogens is 1. The molecule has 0 unspecified atom stereocenters. The lowest BCUT2D eigenvalue weighted by Crippen LogP contribution is -2.92. The van der Waals surface area contributed by atoms with Gasteiger partial charge in [0.25, 0.3) is 5.91 Å². The molecule has 2 aromatic rings. The highest BCUT2D eigenvalue weighted by Gasteiger charge is 2.27. The fourth-order valence-corrected chi connectivity index (χ4v) is 2.91. The van der Waals surface area contributed by atoms with E-state index in [1.807, 2.05) is 61.5 Å². The maximum Gasteiger partial charge on any atom is 0.287 e. The van der Waals surface area contributed by atoms with Crippen LogP contribution >= 0.6 is 0 Å². The maximum absolute atomic E-state index is 13.0. The van der Waals surface area contributed by atoms with Gasteiger partial charge in [-0.15, -0.1) is 0 Å². The Hall–Kier alpha value is -2.33. The summed E-state index contributed by atoms with van der Waals surface area (Å²) in [7, 11) is 0. The maximum atomic E-state index is 13.0. The zero-order valence-electron chi connectivity index (χ0n) is 15.4. The van der Waals surface area contributed by atoms with Crippen LogP contribution in [0.15, 0.2) is 54.6 Å². The minimum Gasteiger partial charge on any atom is -0.492 e. The molecule has 4 heteroatoms. The zero-order chi connectivity index (χ0) is 18.1. The van der Waals surface area contributed by atoms with E-state index in [9.17, 15) is 4.79 Å². The highest BCUT2D eigenvalue weighted by molar-refractivity contribution is 5.95. The van der Waals surface area contributed by atoms with Crippen LogP contribution in [0.4, 0.5) is 5.69 Å². The molecule has 134 valence electrons. The third-order valence-electron chi connectivity index (χ3n) is 4.40. The van der Waals surface area contributed by atoms with Crippen molar-refractivity contribution in [1.29, 1.82) is 0 Å². The standard InChI is InChI=1S/C21H28N2O2/c1-4-17(5-2)22-20(16-12-8-7-9-13-16)21(24)23-18-14-10-11-15-19(18)25-6-3/h7-15,17,20,22H,4-6H2,1-3H3,(H,23,24)/p+1/t20-/m0/s1. The Morgan fingerprint density at radius 3 is 2.28 bits per heavy atom. The molecule has 1 amide bonds. The van der Waals surface area contributed by atoms with E-state index in [2.05, 4.69) is 24.5 Å². The summed E-state index contributed by atoms with van der Waals surface area (Å²) in [4.78, 5) is 13.0. The van der Waals surface area contributed by atoms with Gasteiger partial charge in [0.15, 0.2) is 6.04 Å². The molecule has 0 saturated heterocycles. The number of nitrogens with two attached hydrogens (primary N) is 1. The summed E-state index contributed by atoms with van der Waals surface area (Å²) in [6, 6.07) is 17.7. The summed E-state index contributed by atoms with van der Waals surface area (Å²) in [6.45, 7) is 6.82. The van der Waals surface area contributed by atoms with Gasteiger partial charge in [0.2, 0.25) is 0 Å². The van der Waals surface area contributed by atoms with E-state index < -0.39 is 0 Å². The molecule has 0 aliphatic carbocycles. The van der Waals surface area contributed by atoms with Crippen LogP contribution in [-0.4, -0.2) is 18.6 Å². The number of carbonyl (C=O) groups is 1. The van der Waals surface area contributed by atoms with Gasteiger partial charge < -0.3 is 15.4 Å². The van der Waals surface area contributed by atoms with Crippen LogP contribution in [0.3, 0.4) is 0 Å². The number of para-hydroxylation sites is 2. The fourth-order valence-electron chi connectivity index (χ4n) is 2.91. The first-order valence-electron chi connectivity index (χ1n) is 9.12. The molecule has 0 radical (unpaired) electrons. The van der Waals surface area contributed by atoms with Crippen molar-refractivity contribution < 1.29 is 14.8 Å². The molecule has 0 aliphatic heterocycles. The normalized spacial score (nSPS) is 12.0. The second kappa shape index (κ2) is 9.84. The molecule has 25 heavy (non-hydrogen) atoms. The van der Waals surface area contributed by atoms with Crippen molar-refractivity contribution in [2.45, 2.75) is 45.7 Å². The predicted octanol–water partition coefficient (Wildman–Crippen LogP) is 3.52. The van der Waals surface area contributed by atoms with Crippen LogP contribution in [0.1, 0.15) is 45.2 Å². The molecular formula is C21H29N2O2+. The van der Waals surface area contributed by atoms with Crippen molar-refractivity contribution in [3.63, 3.8) is 0 Å². The largest absolute Gasteiger partial charge is 0.492 e. The lowest BCUT2D eigenvalue weighted by molar-refractivity contribution is -0.715. The molecule has 3 N–H and O–H groups in total. The second-order valence-corrected chi connectivity index (χ2v) is 6.08. The van der Waals surface area contributed by atoms with Gasteiger partial charge in [-0.05, 0) is 31.9 Å². The van der Waals surface area contributed by atoms with Crippen molar-refractivity contribution in [1.82, 2.24) is 0 Å². The Morgan fingerprint density at radius 1 is 1.00 bits per heavy atom. The van der Waals surface area contributed by atoms with E-state index in [0.717, 1.165) is 18.4 Å². The van der Waals surface area contributed by atoms with Gasteiger partial charge in [-0.2, -0.15) is 0 Å². The Bertz CT molecular complexity index is 654. The summed E-state index contributed by atoms with van der Waals surface area (Å²) in [6.07, 6.45) is 2.06. The lowest BCUT2D eigenvalue weighted by atomic mass is 10.0. The lowest BCUT2D eigenvalue weighted by Gasteiger charge is -2.21. The topological polar surface area (TPSA) is 54.9 Å². The predicted molar refractivity (Wildman–Crippen MR) is 102 cm³/mol. The third-order valence-corrected chi connectivity index (χ3v) is 4.40. The van der Waals surface area contributed by atoms with E-state index in [0.29, 0.717) is 24.1 Å². The van der Waals surface area contributed by atoms with Crippen molar-refractivity contribution in [2.75, 3.05) is 11.9 Å². The van der Waals surface area contributed by atoms with E-state index in [4.69, 9.17) is 4.74 Å².